The van der Waals surface area contributed by atoms with E-state index in [0.29, 0.717) is 25.2 Å². The van der Waals surface area contributed by atoms with E-state index in [4.69, 9.17) is 96.0 Å². The summed E-state index contributed by atoms with van der Waals surface area (Å²) in [6, 6.07) is 2.63. The van der Waals surface area contributed by atoms with E-state index >= 15 is 0 Å². The first-order valence-electron chi connectivity index (χ1n) is 41.8. The largest absolute Gasteiger partial charge is 0.465 e. The molecule has 44 heteroatoms. The first-order chi connectivity index (χ1) is 60.1. The van der Waals surface area contributed by atoms with Crippen LogP contribution in [0.3, 0.4) is 0 Å². The van der Waals surface area contributed by atoms with Crippen molar-refractivity contribution >= 4 is 104 Å². The molecule has 7 N–H and O–H groups in total. The smallest absolute Gasteiger partial charge is 0.321 e. The van der Waals surface area contributed by atoms with Gasteiger partial charge in [-0.15, -0.1) is 12.3 Å². The Morgan fingerprint density at radius 3 is 1.18 bits per heavy atom. The Bertz CT molecular complexity index is 3490. The molecule has 2 saturated heterocycles. The molecule has 0 radical (unpaired) electrons. The van der Waals surface area contributed by atoms with E-state index in [1.54, 1.807) is 12.1 Å². The Morgan fingerprint density at radius 1 is 0.449 bits per heavy atom. The molecule has 3 aliphatic rings. The van der Waals surface area contributed by atoms with Crippen LogP contribution in [0, 0.1) is 18.3 Å². The van der Waals surface area contributed by atoms with E-state index in [1.807, 2.05) is 27.7 Å². The van der Waals surface area contributed by atoms with Crippen molar-refractivity contribution in [3.63, 3.8) is 0 Å². The number of carbonyl (C=O) groups excluding carboxylic acids is 16. The molecule has 1 aliphatic carbocycles. The van der Waals surface area contributed by atoms with Crippen molar-refractivity contribution in [1.29, 1.82) is 0 Å². The lowest BCUT2D eigenvalue weighted by Gasteiger charge is -2.45. The monoisotopic (exact) mass is 1830 g/mol. The molecule has 127 heavy (non-hydrogen) atoms. The van der Waals surface area contributed by atoms with Crippen LogP contribution in [0.1, 0.15) is 179 Å². The maximum atomic E-state index is 14.9. The Hall–Kier alpha value is -9.87. The van der Waals surface area contributed by atoms with Crippen molar-refractivity contribution in [3.8, 4) is 18.1 Å². The van der Waals surface area contributed by atoms with Crippen LogP contribution < -0.4 is 41.7 Å². The molecule has 1 saturated carbocycles. The Balaban J connectivity index is 1.63. The quantitative estimate of drug-likeness (QED) is 0.0160. The normalized spacial score (nSPS) is 22.6. The summed E-state index contributed by atoms with van der Waals surface area (Å²) in [7, 11) is -1.70. The van der Waals surface area contributed by atoms with Crippen LogP contribution in [0.15, 0.2) is 24.3 Å². The number of amides is 7. The molecule has 16 atom stereocenters. The highest BCUT2D eigenvalue weighted by Crippen LogP contribution is 2.47. The topological polar surface area (TPSA) is 536 Å². The van der Waals surface area contributed by atoms with Crippen molar-refractivity contribution in [2.24, 2.45) is 5.92 Å². The molecule has 16 unspecified atom stereocenters. The SMILES string of the molecule is C#CCCCOP(Oc1ccc(C(=O)NC(CCC(=O)NCCOCCOC2CC(COC(C)=O)C(OC(C)=O)C(OC(C)=O)C2NC(C)=O)(CCC(=O)NCCOCCOC2OC(COC(C)=O)C(OC(C)=O)C(OC(C)=O)C2NC(C)=O)CCC(=O)NCCOCCOC2OC(COC(C)=O)C(OC(C)=O)C(OC(C)=O)C2NC(C)=O)cc1)N(C(C)C)C(C)C. The van der Waals surface area contributed by atoms with Gasteiger partial charge in [-0.25, -0.2) is 4.67 Å². The highest BCUT2D eigenvalue weighted by Gasteiger charge is 2.54. The second-order valence-electron chi connectivity index (χ2n) is 30.4. The van der Waals surface area contributed by atoms with Gasteiger partial charge in [-0.1, -0.05) is 0 Å². The summed E-state index contributed by atoms with van der Waals surface area (Å²) in [4.78, 5) is 205. The zero-order valence-corrected chi connectivity index (χ0v) is 76.0. The summed E-state index contributed by atoms with van der Waals surface area (Å²) in [6.07, 6.45) is -8.92. The molecule has 1 aromatic carbocycles. The van der Waals surface area contributed by atoms with E-state index in [2.05, 4.69) is 47.8 Å². The number of hydrogen-bond acceptors (Lipinski definition) is 36. The predicted molar refractivity (Wildman–Crippen MR) is 443 cm³/mol. The molecule has 0 spiro atoms. The second-order valence-corrected chi connectivity index (χ2v) is 31.8. The molecule has 43 nitrogen and oxygen atoms in total. The molecule has 714 valence electrons. The van der Waals surface area contributed by atoms with Crippen LogP contribution in [-0.2, 0) is 157 Å². The minimum Gasteiger partial charge on any atom is -0.465 e. The van der Waals surface area contributed by atoms with Crippen LogP contribution in [0.4, 0.5) is 0 Å². The average molecular weight is 1830 g/mol. The van der Waals surface area contributed by atoms with E-state index < -0.39 is 214 Å². The summed E-state index contributed by atoms with van der Waals surface area (Å²) in [5.41, 5.74) is -1.42. The van der Waals surface area contributed by atoms with Crippen LogP contribution in [0.5, 0.6) is 5.75 Å². The Kier molecular flexibility index (Phi) is 49.9. The average Bonchev–Trinajstić information content (AvgIpc) is 0.779. The summed E-state index contributed by atoms with van der Waals surface area (Å²) in [5, 5.41) is 19.4. The third kappa shape index (κ3) is 41.8. The standard InChI is InChI=1S/C83H127N8O35P/c1-18-19-20-34-117-127(91(48(2)3)49(4)5)126-64-23-21-62(22-24-64)80(107)90-83(28-25-68(104)84-31-35-108-38-41-111-65-44-63(45-114-53(9)95)74(118-56(12)98)77(121-59(15)101)71(65)87-50(6)92,29-26-69(105)85-32-36-109-39-42-112-81-72(88-51(7)93)78(122-60(16)102)75(119-57(13)99)66(124-81)46-115-54(10)96)30-27-70(106)86-33-37-110-40-43-113-82-73(89-52(8)94)79(123-61(17)103)76(120-58(14)100)67(125-82)47-116-55(11)97/h1,21-24,48-49,63,65-67,71-79,81-82H,19-20,25-47H2,2-17H3,(H,84,104)(H,85,105)(H,86,106)(H,87,92)(H,88,93)(H,89,94)(H,90,107). The van der Waals surface area contributed by atoms with Gasteiger partial charge in [-0.05, 0) is 84.1 Å². The van der Waals surface area contributed by atoms with Gasteiger partial charge in [-0.2, -0.15) is 0 Å². The van der Waals surface area contributed by atoms with Gasteiger partial charge in [0.25, 0.3) is 5.91 Å². The number of terminal acetylenes is 1. The Morgan fingerprint density at radius 2 is 0.811 bits per heavy atom. The number of esters is 9. The van der Waals surface area contributed by atoms with Gasteiger partial charge in [-0.3, -0.25) is 76.7 Å². The number of benzene rings is 1. The number of carbonyl (C=O) groups is 16. The van der Waals surface area contributed by atoms with Gasteiger partial charge >= 0.3 is 62.2 Å². The molecular formula is C83H127N8O35P. The fraction of sp³-hybridized carbons (Fsp3) is 0.711. The lowest BCUT2D eigenvalue weighted by atomic mass is 9.79. The maximum absolute atomic E-state index is 14.9. The predicted octanol–water partition coefficient (Wildman–Crippen LogP) is 1.73. The van der Waals surface area contributed by atoms with Crippen LogP contribution in [0.2, 0.25) is 0 Å². The molecule has 2 heterocycles. The molecule has 4 rings (SSSR count). The first kappa shape index (κ1) is 109. The fourth-order valence-electron chi connectivity index (χ4n) is 14.0. The number of ether oxygens (including phenoxy) is 17. The Labute approximate surface area is 740 Å². The maximum Gasteiger partial charge on any atom is 0.321 e. The molecule has 2 aliphatic heterocycles. The fourth-order valence-corrected chi connectivity index (χ4v) is 15.6. The van der Waals surface area contributed by atoms with Crippen LogP contribution >= 0.6 is 8.53 Å². The molecule has 0 aromatic heterocycles. The van der Waals surface area contributed by atoms with Crippen molar-refractivity contribution in [3.05, 3.63) is 29.8 Å². The van der Waals surface area contributed by atoms with E-state index in [-0.39, 0.29) is 148 Å². The number of rotatable bonds is 56. The zero-order chi connectivity index (χ0) is 94.5. The molecule has 7 amide bonds. The summed E-state index contributed by atoms with van der Waals surface area (Å²) < 4.78 is 111. The number of nitrogens with zero attached hydrogens (tertiary/aromatic N) is 1. The lowest BCUT2D eigenvalue weighted by Crippen LogP contribution is -2.66. The van der Waals surface area contributed by atoms with Gasteiger partial charge in [0, 0.05) is 158 Å². The zero-order valence-electron chi connectivity index (χ0n) is 75.1. The van der Waals surface area contributed by atoms with Gasteiger partial charge in [0.15, 0.2) is 43.1 Å². The van der Waals surface area contributed by atoms with Gasteiger partial charge < -0.3 is 127 Å². The van der Waals surface area contributed by atoms with Crippen molar-refractivity contribution in [1.82, 2.24) is 41.9 Å². The molecule has 1 aromatic rings. The number of nitrogens with one attached hydrogen (secondary N) is 7. The van der Waals surface area contributed by atoms with Crippen LogP contribution in [-0.4, -0.2) is 309 Å². The summed E-state index contributed by atoms with van der Waals surface area (Å²) >= 11 is 0. The molecule has 0 bridgehead atoms. The number of hydrogen-bond donors (Lipinski definition) is 7. The summed E-state index contributed by atoms with van der Waals surface area (Å²) in [6.45, 7) is 19.3. The molecule has 3 fully saturated rings. The van der Waals surface area contributed by atoms with Crippen molar-refractivity contribution < 1.29 is 166 Å². The second kappa shape index (κ2) is 57.8. The highest BCUT2D eigenvalue weighted by atomic mass is 31.2. The molecular weight excluding hydrogens is 1700 g/mol. The minimum absolute atomic E-state index is 0.00966. The first-order valence-corrected chi connectivity index (χ1v) is 42.9. The van der Waals surface area contributed by atoms with Crippen LogP contribution in [0.25, 0.3) is 0 Å². The summed E-state index contributed by atoms with van der Waals surface area (Å²) in [5.74, 6) is -8.59. The van der Waals surface area contributed by atoms with Gasteiger partial charge in [0.2, 0.25) is 35.4 Å². The van der Waals surface area contributed by atoms with Crippen molar-refractivity contribution in [2.45, 2.75) is 272 Å². The number of unbranched alkanes of at least 4 members (excludes halogenated alkanes) is 1. The van der Waals surface area contributed by atoms with Gasteiger partial charge in [0.05, 0.1) is 84.8 Å². The lowest BCUT2D eigenvalue weighted by molar-refractivity contribution is -0.279. The minimum atomic E-state index is -1.70. The third-order valence-corrected chi connectivity index (χ3v) is 21.1. The van der Waals surface area contributed by atoms with Gasteiger partial charge in [0.1, 0.15) is 49.4 Å². The van der Waals surface area contributed by atoms with E-state index in [9.17, 15) is 76.7 Å². The van der Waals surface area contributed by atoms with E-state index in [0.717, 1.165) is 55.4 Å². The van der Waals surface area contributed by atoms with E-state index in [1.165, 1.54) is 39.8 Å². The third-order valence-electron chi connectivity index (χ3n) is 19.1. The van der Waals surface area contributed by atoms with Crippen molar-refractivity contribution in [2.75, 3.05) is 106 Å². The highest BCUT2D eigenvalue weighted by molar-refractivity contribution is 7.45.